The third kappa shape index (κ3) is 5.40. The fraction of sp³-hybridized carbons (Fsp3) is 0.300. The molecule has 0 bridgehead atoms. The molecule has 0 spiro atoms. The van der Waals surface area contributed by atoms with Crippen LogP contribution < -0.4 is 16.6 Å². The number of benzene rings is 2. The number of amides is 1. The van der Waals surface area contributed by atoms with Crippen molar-refractivity contribution < 1.29 is 14.7 Å². The number of rotatable bonds is 8. The van der Waals surface area contributed by atoms with Crippen molar-refractivity contribution in [3.63, 3.8) is 0 Å². The fourth-order valence-corrected chi connectivity index (χ4v) is 4.90. The number of carbonyl (C=O) groups is 2. The van der Waals surface area contributed by atoms with Gasteiger partial charge in [-0.15, -0.1) is 0 Å². The zero-order chi connectivity index (χ0) is 27.7. The first-order chi connectivity index (χ1) is 18.0. The predicted molar refractivity (Wildman–Crippen MR) is 150 cm³/mol. The molecular weight excluding hydrogens is 480 g/mol. The summed E-state index contributed by atoms with van der Waals surface area (Å²) in [5.41, 5.74) is 12.7. The molecule has 2 heterocycles. The smallest absolute Gasteiger partial charge is 0.320 e. The van der Waals surface area contributed by atoms with Gasteiger partial charge in [-0.05, 0) is 87.1 Å². The van der Waals surface area contributed by atoms with E-state index >= 15 is 0 Å². The fourth-order valence-electron chi connectivity index (χ4n) is 4.90. The van der Waals surface area contributed by atoms with Crippen LogP contribution in [-0.4, -0.2) is 32.6 Å². The van der Waals surface area contributed by atoms with Crippen LogP contribution in [0, 0.1) is 20.8 Å². The minimum Gasteiger partial charge on any atom is -0.480 e. The maximum Gasteiger partial charge on any atom is 0.320 e. The molecule has 0 saturated heterocycles. The molecular formula is C30H34N4O4. The van der Waals surface area contributed by atoms with Crippen LogP contribution in [0.4, 0.5) is 0 Å². The van der Waals surface area contributed by atoms with Crippen LogP contribution in [-0.2, 0) is 17.8 Å². The summed E-state index contributed by atoms with van der Waals surface area (Å²) in [5, 5.41) is 12.9. The van der Waals surface area contributed by atoms with Gasteiger partial charge in [0.15, 0.2) is 0 Å². The topological polar surface area (TPSA) is 130 Å². The molecule has 2 aromatic heterocycles. The number of carboxylic acid groups (broad SMARTS) is 1. The Morgan fingerprint density at radius 2 is 1.71 bits per heavy atom. The van der Waals surface area contributed by atoms with E-state index in [0.29, 0.717) is 11.1 Å². The lowest BCUT2D eigenvalue weighted by Crippen LogP contribution is -2.32. The van der Waals surface area contributed by atoms with Gasteiger partial charge in [-0.25, -0.2) is 0 Å². The molecule has 198 valence electrons. The Bertz CT molecular complexity index is 1580. The third-order valence-corrected chi connectivity index (χ3v) is 6.90. The average molecular weight is 515 g/mol. The summed E-state index contributed by atoms with van der Waals surface area (Å²) in [6.45, 7) is 9.99. The molecule has 8 nitrogen and oxygen atoms in total. The van der Waals surface area contributed by atoms with Gasteiger partial charge in [0, 0.05) is 46.5 Å². The second kappa shape index (κ2) is 10.7. The third-order valence-electron chi connectivity index (χ3n) is 6.90. The maximum absolute atomic E-state index is 13.6. The molecule has 4 aromatic rings. The first kappa shape index (κ1) is 26.9. The Labute approximate surface area is 221 Å². The highest BCUT2D eigenvalue weighted by molar-refractivity contribution is 6.09. The first-order valence-electron chi connectivity index (χ1n) is 12.7. The van der Waals surface area contributed by atoms with E-state index in [1.54, 1.807) is 0 Å². The zero-order valence-corrected chi connectivity index (χ0v) is 22.4. The molecule has 0 aliphatic carbocycles. The van der Waals surface area contributed by atoms with Crippen LogP contribution in [0.15, 0.2) is 53.5 Å². The number of nitrogens with zero attached hydrogens (tertiary/aromatic N) is 1. The number of nitrogens with one attached hydrogen (secondary N) is 2. The van der Waals surface area contributed by atoms with Gasteiger partial charge < -0.3 is 25.7 Å². The molecule has 1 amide bonds. The lowest BCUT2D eigenvalue weighted by Gasteiger charge is -2.14. The highest BCUT2D eigenvalue weighted by Crippen LogP contribution is 2.33. The van der Waals surface area contributed by atoms with Gasteiger partial charge in [0.25, 0.3) is 11.5 Å². The van der Waals surface area contributed by atoms with E-state index in [0.717, 1.165) is 44.4 Å². The van der Waals surface area contributed by atoms with Crippen molar-refractivity contribution in [3.05, 3.63) is 92.5 Å². The van der Waals surface area contributed by atoms with Gasteiger partial charge in [0.05, 0.1) is 0 Å². The number of fused-ring (bicyclic) bond motifs is 1. The van der Waals surface area contributed by atoms with Crippen molar-refractivity contribution >= 4 is 22.8 Å². The summed E-state index contributed by atoms with van der Waals surface area (Å²) in [4.78, 5) is 40.0. The standard InChI is InChI=1S/C30H34N4O4/c1-16(2)34-15-18(4)27-23(28(35)32-14-24-17(3)10-19(5)33-29(24)36)12-22(13-26(27)34)21-8-6-20(7-9-21)11-25(31)30(37)38/h6-10,12-13,15-16,25H,11,14,31H2,1-5H3,(H,32,35)(H,33,36)(H,37,38)/t25-/m0/s1. The largest absolute Gasteiger partial charge is 0.480 e. The normalized spacial score (nSPS) is 12.2. The molecule has 0 fully saturated rings. The Morgan fingerprint density at radius 3 is 2.32 bits per heavy atom. The zero-order valence-electron chi connectivity index (χ0n) is 22.4. The van der Waals surface area contributed by atoms with Gasteiger partial charge in [0.2, 0.25) is 0 Å². The number of hydrogen-bond donors (Lipinski definition) is 4. The minimum absolute atomic E-state index is 0.120. The molecule has 0 saturated carbocycles. The summed E-state index contributed by atoms with van der Waals surface area (Å²) < 4.78 is 2.15. The monoisotopic (exact) mass is 514 g/mol. The summed E-state index contributed by atoms with van der Waals surface area (Å²) in [7, 11) is 0. The SMILES string of the molecule is Cc1cc(C)c(CNC(=O)c2cc(-c3ccc(C[C@H](N)C(=O)O)cc3)cc3c2c(C)cn3C(C)C)c(=O)[nH]1. The molecule has 38 heavy (non-hydrogen) atoms. The molecule has 0 radical (unpaired) electrons. The van der Waals surface area contributed by atoms with Crippen LogP contribution in [0.5, 0.6) is 0 Å². The average Bonchev–Trinajstić information content (AvgIpc) is 3.19. The number of H-pyrrole nitrogens is 1. The Morgan fingerprint density at radius 1 is 1.03 bits per heavy atom. The summed E-state index contributed by atoms with van der Waals surface area (Å²) in [5.74, 6) is -1.30. The van der Waals surface area contributed by atoms with E-state index in [1.165, 1.54) is 0 Å². The quantitative estimate of drug-likeness (QED) is 0.277. The summed E-state index contributed by atoms with van der Waals surface area (Å²) in [6.07, 6.45) is 2.29. The van der Waals surface area contributed by atoms with Crippen molar-refractivity contribution in [2.24, 2.45) is 5.73 Å². The predicted octanol–water partition coefficient (Wildman–Crippen LogP) is 4.39. The van der Waals surface area contributed by atoms with Gasteiger partial charge in [0.1, 0.15) is 6.04 Å². The van der Waals surface area contributed by atoms with E-state index in [-0.39, 0.29) is 30.5 Å². The second-order valence-corrected chi connectivity index (χ2v) is 10.2. The molecule has 0 aliphatic rings. The first-order valence-corrected chi connectivity index (χ1v) is 12.7. The second-order valence-electron chi connectivity index (χ2n) is 10.2. The van der Waals surface area contributed by atoms with Gasteiger partial charge >= 0.3 is 5.97 Å². The molecule has 0 aliphatic heterocycles. The van der Waals surface area contributed by atoms with Crippen molar-refractivity contribution in [2.45, 2.75) is 59.7 Å². The number of aromatic nitrogens is 2. The number of hydrogen-bond acceptors (Lipinski definition) is 4. The van der Waals surface area contributed by atoms with E-state index in [2.05, 4.69) is 41.0 Å². The molecule has 8 heteroatoms. The van der Waals surface area contributed by atoms with Crippen LogP contribution in [0.3, 0.4) is 0 Å². The molecule has 4 rings (SSSR count). The van der Waals surface area contributed by atoms with Crippen LogP contribution in [0.25, 0.3) is 22.0 Å². The van der Waals surface area contributed by atoms with Gasteiger partial charge in [-0.1, -0.05) is 24.3 Å². The number of aromatic amines is 1. The van der Waals surface area contributed by atoms with E-state index in [9.17, 15) is 14.4 Å². The highest BCUT2D eigenvalue weighted by atomic mass is 16.4. The lowest BCUT2D eigenvalue weighted by atomic mass is 9.96. The Hall–Kier alpha value is -4.17. The Balaban J connectivity index is 1.74. The van der Waals surface area contributed by atoms with E-state index in [4.69, 9.17) is 10.8 Å². The highest BCUT2D eigenvalue weighted by Gasteiger charge is 2.20. The number of nitrogens with two attached hydrogens (primary N) is 1. The van der Waals surface area contributed by atoms with Crippen molar-refractivity contribution in [1.82, 2.24) is 14.9 Å². The number of carbonyl (C=O) groups excluding carboxylic acids is 1. The van der Waals surface area contributed by atoms with Crippen LogP contribution >= 0.6 is 0 Å². The van der Waals surface area contributed by atoms with Crippen molar-refractivity contribution in [1.29, 1.82) is 0 Å². The summed E-state index contributed by atoms with van der Waals surface area (Å²) in [6, 6.07) is 12.6. The maximum atomic E-state index is 13.6. The molecule has 2 aromatic carbocycles. The van der Waals surface area contributed by atoms with Crippen molar-refractivity contribution in [2.75, 3.05) is 0 Å². The molecule has 1 atom stereocenters. The van der Waals surface area contributed by atoms with Crippen LogP contribution in [0.1, 0.15) is 58.2 Å². The van der Waals surface area contributed by atoms with Crippen molar-refractivity contribution in [3.8, 4) is 11.1 Å². The molecule has 0 unspecified atom stereocenters. The van der Waals surface area contributed by atoms with E-state index < -0.39 is 12.0 Å². The van der Waals surface area contributed by atoms with Gasteiger partial charge in [-0.3, -0.25) is 14.4 Å². The van der Waals surface area contributed by atoms with Crippen LogP contribution in [0.2, 0.25) is 0 Å². The number of aliphatic carboxylic acids is 1. The lowest BCUT2D eigenvalue weighted by molar-refractivity contribution is -0.138. The summed E-state index contributed by atoms with van der Waals surface area (Å²) >= 11 is 0. The minimum atomic E-state index is -1.04. The number of pyridine rings is 1. The number of aryl methyl sites for hydroxylation is 3. The Kier molecular flexibility index (Phi) is 7.55. The molecule has 5 N–H and O–H groups in total. The van der Waals surface area contributed by atoms with Gasteiger partial charge in [-0.2, -0.15) is 0 Å². The number of carboxylic acids is 1. The van der Waals surface area contributed by atoms with E-state index in [1.807, 2.05) is 57.2 Å².